The number of rotatable bonds is 6. The van der Waals surface area contributed by atoms with E-state index in [1.165, 1.54) is 0 Å². The van der Waals surface area contributed by atoms with E-state index in [1.54, 1.807) is 15.8 Å². The number of hydrogen-bond donors (Lipinski definition) is 1. The van der Waals surface area contributed by atoms with Gasteiger partial charge in [0.2, 0.25) is 0 Å². The molecule has 0 saturated heterocycles. The molecule has 30 heavy (non-hydrogen) atoms. The number of nitrogens with one attached hydrogen (secondary N) is 1. The fourth-order valence-electron chi connectivity index (χ4n) is 3.24. The molecule has 0 aliphatic heterocycles. The van der Waals surface area contributed by atoms with Crippen LogP contribution in [0, 0.1) is 0 Å². The van der Waals surface area contributed by atoms with Crippen LogP contribution in [-0.2, 0) is 0 Å². The predicted octanol–water partition coefficient (Wildman–Crippen LogP) is 4.69. The molecular weight excluding hydrogens is 400 g/mol. The third kappa shape index (κ3) is 3.71. The Bertz CT molecular complexity index is 1190. The van der Waals surface area contributed by atoms with Gasteiger partial charge in [0.1, 0.15) is 11.4 Å². The molecule has 0 spiro atoms. The monoisotopic (exact) mass is 420 g/mol. The van der Waals surface area contributed by atoms with E-state index in [4.69, 9.17) is 11.6 Å². The molecule has 0 radical (unpaired) electrons. The normalized spacial score (nSPS) is 10.9. The molecule has 8 heteroatoms. The molecule has 0 atom stereocenters. The van der Waals surface area contributed by atoms with E-state index in [0.29, 0.717) is 41.3 Å². The van der Waals surface area contributed by atoms with E-state index in [0.717, 1.165) is 5.69 Å². The molecule has 2 aromatic carbocycles. The zero-order chi connectivity index (χ0) is 21.1. The molecule has 0 bridgehead atoms. The zero-order valence-electron chi connectivity index (χ0n) is 16.7. The Labute approximate surface area is 179 Å². The molecule has 0 aliphatic rings. The van der Waals surface area contributed by atoms with Crippen LogP contribution in [-0.4, -0.2) is 43.6 Å². The van der Waals surface area contributed by atoms with Gasteiger partial charge in [-0.05, 0) is 38.1 Å². The standard InChI is InChI=1S/C22H21ClN6O/c1-3-28(4-2)22(30)16-14-24-29(15-10-6-5-7-11-15)21(16)27-20-19(23)25-17-12-8-9-13-18(17)26-20/h5-14H,3-4H2,1-2H3,(H,26,27). The van der Waals surface area contributed by atoms with Crippen LogP contribution in [0.25, 0.3) is 16.7 Å². The summed E-state index contributed by atoms with van der Waals surface area (Å²) in [7, 11) is 0. The van der Waals surface area contributed by atoms with E-state index in [2.05, 4.69) is 20.4 Å². The average molecular weight is 421 g/mol. The van der Waals surface area contributed by atoms with E-state index < -0.39 is 0 Å². The summed E-state index contributed by atoms with van der Waals surface area (Å²) < 4.78 is 1.67. The molecule has 0 saturated carbocycles. The lowest BCUT2D eigenvalue weighted by molar-refractivity contribution is 0.0774. The summed E-state index contributed by atoms with van der Waals surface area (Å²) in [4.78, 5) is 23.9. The minimum atomic E-state index is -0.116. The van der Waals surface area contributed by atoms with Crippen LogP contribution in [0.15, 0.2) is 60.8 Å². The van der Waals surface area contributed by atoms with E-state index in [9.17, 15) is 4.79 Å². The number of benzene rings is 2. The van der Waals surface area contributed by atoms with Crippen molar-refractivity contribution in [3.8, 4) is 5.69 Å². The minimum Gasteiger partial charge on any atom is -0.339 e. The summed E-state index contributed by atoms with van der Waals surface area (Å²) in [6, 6.07) is 17.1. The van der Waals surface area contributed by atoms with Crippen LogP contribution >= 0.6 is 11.6 Å². The summed E-state index contributed by atoms with van der Waals surface area (Å²) in [5.74, 6) is 0.737. The highest BCUT2D eigenvalue weighted by Crippen LogP contribution is 2.29. The first-order valence-corrected chi connectivity index (χ1v) is 10.1. The van der Waals surface area contributed by atoms with Crippen LogP contribution in [0.3, 0.4) is 0 Å². The van der Waals surface area contributed by atoms with Gasteiger partial charge in [-0.3, -0.25) is 4.79 Å². The van der Waals surface area contributed by atoms with Crippen molar-refractivity contribution in [2.75, 3.05) is 18.4 Å². The van der Waals surface area contributed by atoms with Gasteiger partial charge in [0, 0.05) is 13.1 Å². The smallest absolute Gasteiger partial charge is 0.259 e. The first-order valence-electron chi connectivity index (χ1n) is 9.74. The Morgan fingerprint density at radius 3 is 2.30 bits per heavy atom. The summed E-state index contributed by atoms with van der Waals surface area (Å²) in [6.07, 6.45) is 1.57. The lowest BCUT2D eigenvalue weighted by Crippen LogP contribution is -2.30. The van der Waals surface area contributed by atoms with E-state index >= 15 is 0 Å². The van der Waals surface area contributed by atoms with Crippen LogP contribution in [0.1, 0.15) is 24.2 Å². The van der Waals surface area contributed by atoms with Crippen LogP contribution in [0.5, 0.6) is 0 Å². The van der Waals surface area contributed by atoms with Gasteiger partial charge in [-0.15, -0.1) is 0 Å². The summed E-state index contributed by atoms with van der Waals surface area (Å²) >= 11 is 6.41. The number of aromatic nitrogens is 4. The predicted molar refractivity (Wildman–Crippen MR) is 119 cm³/mol. The molecule has 0 unspecified atom stereocenters. The molecule has 1 N–H and O–H groups in total. The Morgan fingerprint density at radius 2 is 1.63 bits per heavy atom. The van der Waals surface area contributed by atoms with Crippen LogP contribution < -0.4 is 5.32 Å². The number of carbonyl (C=O) groups is 1. The second-order valence-electron chi connectivity index (χ2n) is 6.61. The molecule has 7 nitrogen and oxygen atoms in total. The number of nitrogens with zero attached hydrogens (tertiary/aromatic N) is 5. The molecule has 4 rings (SSSR count). The van der Waals surface area contributed by atoms with Gasteiger partial charge < -0.3 is 10.2 Å². The van der Waals surface area contributed by atoms with Crippen molar-refractivity contribution >= 4 is 40.2 Å². The summed E-state index contributed by atoms with van der Waals surface area (Å²) in [5.41, 5.74) is 2.65. The maximum atomic E-state index is 13.1. The fourth-order valence-corrected chi connectivity index (χ4v) is 3.42. The van der Waals surface area contributed by atoms with Crippen molar-refractivity contribution < 1.29 is 4.79 Å². The van der Waals surface area contributed by atoms with Gasteiger partial charge in [0.05, 0.1) is 22.9 Å². The van der Waals surface area contributed by atoms with Gasteiger partial charge in [0.15, 0.2) is 11.0 Å². The highest BCUT2D eigenvalue weighted by atomic mass is 35.5. The third-order valence-corrected chi connectivity index (χ3v) is 5.08. The minimum absolute atomic E-state index is 0.116. The lowest BCUT2D eigenvalue weighted by Gasteiger charge is -2.19. The van der Waals surface area contributed by atoms with Gasteiger partial charge in [-0.25, -0.2) is 14.6 Å². The molecule has 2 aromatic heterocycles. The molecule has 1 amide bonds. The van der Waals surface area contributed by atoms with Gasteiger partial charge >= 0.3 is 0 Å². The number of amides is 1. The first kappa shape index (κ1) is 19.8. The number of carbonyl (C=O) groups excluding carboxylic acids is 1. The molecule has 152 valence electrons. The van der Waals surface area contributed by atoms with Crippen molar-refractivity contribution in [3.63, 3.8) is 0 Å². The Balaban J connectivity index is 1.83. The number of para-hydroxylation sites is 3. The topological polar surface area (TPSA) is 75.9 Å². The first-order chi connectivity index (χ1) is 14.6. The molecule has 0 fully saturated rings. The second kappa shape index (κ2) is 8.51. The molecule has 4 aromatic rings. The lowest BCUT2D eigenvalue weighted by atomic mass is 10.2. The quantitative estimate of drug-likeness (QED) is 0.489. The van der Waals surface area contributed by atoms with Gasteiger partial charge in [-0.1, -0.05) is 41.9 Å². The molecular formula is C22H21ClN6O. The fraction of sp³-hybridized carbons (Fsp3) is 0.182. The number of anilines is 2. The Hall–Kier alpha value is -3.45. The van der Waals surface area contributed by atoms with Crippen molar-refractivity contribution in [1.29, 1.82) is 0 Å². The van der Waals surface area contributed by atoms with Crippen LogP contribution in [0.2, 0.25) is 5.15 Å². The van der Waals surface area contributed by atoms with Crippen molar-refractivity contribution in [3.05, 3.63) is 71.5 Å². The van der Waals surface area contributed by atoms with Crippen molar-refractivity contribution in [1.82, 2.24) is 24.6 Å². The maximum Gasteiger partial charge on any atom is 0.259 e. The van der Waals surface area contributed by atoms with Gasteiger partial charge in [-0.2, -0.15) is 5.10 Å². The van der Waals surface area contributed by atoms with Gasteiger partial charge in [0.25, 0.3) is 5.91 Å². The largest absolute Gasteiger partial charge is 0.339 e. The van der Waals surface area contributed by atoms with Crippen molar-refractivity contribution in [2.45, 2.75) is 13.8 Å². The highest BCUT2D eigenvalue weighted by Gasteiger charge is 2.23. The summed E-state index contributed by atoms with van der Waals surface area (Å²) in [5, 5.41) is 7.89. The second-order valence-corrected chi connectivity index (χ2v) is 6.97. The van der Waals surface area contributed by atoms with E-state index in [1.807, 2.05) is 68.4 Å². The summed E-state index contributed by atoms with van der Waals surface area (Å²) in [6.45, 7) is 5.09. The zero-order valence-corrected chi connectivity index (χ0v) is 17.5. The number of fused-ring (bicyclic) bond motifs is 1. The van der Waals surface area contributed by atoms with E-state index in [-0.39, 0.29) is 11.1 Å². The van der Waals surface area contributed by atoms with Crippen LogP contribution in [0.4, 0.5) is 11.6 Å². The number of hydrogen-bond acceptors (Lipinski definition) is 5. The van der Waals surface area contributed by atoms with Crippen molar-refractivity contribution in [2.24, 2.45) is 0 Å². The Morgan fingerprint density at radius 1 is 1.00 bits per heavy atom. The highest BCUT2D eigenvalue weighted by molar-refractivity contribution is 6.32. The third-order valence-electron chi connectivity index (χ3n) is 4.82. The molecule has 0 aliphatic carbocycles. The average Bonchev–Trinajstić information content (AvgIpc) is 3.19. The maximum absolute atomic E-state index is 13.1. The SMILES string of the molecule is CCN(CC)C(=O)c1cnn(-c2ccccc2)c1Nc1nc2ccccc2nc1Cl. The Kier molecular flexibility index (Phi) is 5.63. The number of halogens is 1. The molecule has 2 heterocycles.